The first-order valence-corrected chi connectivity index (χ1v) is 9.09. The number of nitrogens with zero attached hydrogens (tertiary/aromatic N) is 3. The van der Waals surface area contributed by atoms with Crippen molar-refractivity contribution in [1.29, 1.82) is 0 Å². The normalized spacial score (nSPS) is 14.4. The van der Waals surface area contributed by atoms with Crippen LogP contribution in [0.2, 0.25) is 0 Å². The first-order valence-electron chi connectivity index (χ1n) is 9.09. The van der Waals surface area contributed by atoms with Gasteiger partial charge in [-0.15, -0.1) is 0 Å². The smallest absolute Gasteiger partial charge is 0.254 e. The maximum atomic E-state index is 12.5. The van der Waals surface area contributed by atoms with Gasteiger partial charge in [0.1, 0.15) is 5.69 Å². The van der Waals surface area contributed by atoms with E-state index >= 15 is 0 Å². The Labute approximate surface area is 155 Å². The number of aromatic amines is 2. The molecule has 2 N–H and O–H groups in total. The molecule has 6 nitrogen and oxygen atoms in total. The summed E-state index contributed by atoms with van der Waals surface area (Å²) in [5, 5.41) is 1.22. The summed E-state index contributed by atoms with van der Waals surface area (Å²) in [6, 6.07) is 16.1. The lowest BCUT2D eigenvalue weighted by atomic mass is 10.1. The standard InChI is InChI=1S/C21H19N5O/c27-21-16-8-10-26(12-15-11-14-5-1-2-6-17(14)23-15)13-19(16)24-20(25-21)18-7-3-4-9-22-18/h1-7,9,11,23H,8,10,12-13H2,(H,24,25,27). The van der Waals surface area contributed by atoms with Gasteiger partial charge < -0.3 is 9.97 Å². The molecule has 0 spiro atoms. The molecule has 4 heterocycles. The highest BCUT2D eigenvalue weighted by Gasteiger charge is 2.22. The molecule has 0 aliphatic carbocycles. The van der Waals surface area contributed by atoms with Crippen molar-refractivity contribution >= 4 is 10.9 Å². The van der Waals surface area contributed by atoms with Crippen molar-refractivity contribution in [2.75, 3.05) is 6.54 Å². The summed E-state index contributed by atoms with van der Waals surface area (Å²) in [5.41, 5.74) is 4.60. The van der Waals surface area contributed by atoms with Gasteiger partial charge in [-0.1, -0.05) is 24.3 Å². The first kappa shape index (κ1) is 16.0. The molecule has 0 fully saturated rings. The number of para-hydroxylation sites is 1. The Balaban J connectivity index is 1.43. The van der Waals surface area contributed by atoms with E-state index in [1.807, 2.05) is 30.3 Å². The molecule has 1 aromatic carbocycles. The number of hydrogen-bond donors (Lipinski definition) is 2. The number of rotatable bonds is 3. The monoisotopic (exact) mass is 357 g/mol. The fourth-order valence-corrected chi connectivity index (χ4v) is 3.71. The second-order valence-electron chi connectivity index (χ2n) is 6.90. The van der Waals surface area contributed by atoms with Crippen molar-refractivity contribution in [3.8, 4) is 11.5 Å². The molecule has 5 rings (SSSR count). The minimum Gasteiger partial charge on any atom is -0.357 e. The zero-order valence-corrected chi connectivity index (χ0v) is 14.8. The highest BCUT2D eigenvalue weighted by atomic mass is 16.1. The van der Waals surface area contributed by atoms with Crippen LogP contribution in [0.15, 0.2) is 59.5 Å². The Hall–Kier alpha value is -3.25. The van der Waals surface area contributed by atoms with Crippen molar-refractivity contribution in [3.05, 3.63) is 82.0 Å². The van der Waals surface area contributed by atoms with Gasteiger partial charge in [-0.05, 0) is 36.1 Å². The second-order valence-corrected chi connectivity index (χ2v) is 6.90. The average Bonchev–Trinajstić information content (AvgIpc) is 3.10. The number of hydrogen-bond acceptors (Lipinski definition) is 4. The van der Waals surface area contributed by atoms with E-state index in [0.29, 0.717) is 24.5 Å². The Morgan fingerprint density at radius 1 is 1.07 bits per heavy atom. The second kappa shape index (κ2) is 6.48. The van der Waals surface area contributed by atoms with Gasteiger partial charge in [-0.25, -0.2) is 4.98 Å². The summed E-state index contributed by atoms with van der Waals surface area (Å²) in [4.78, 5) is 30.2. The topological polar surface area (TPSA) is 77.7 Å². The van der Waals surface area contributed by atoms with E-state index in [2.05, 4.69) is 38.1 Å². The van der Waals surface area contributed by atoms with Crippen LogP contribution in [-0.4, -0.2) is 31.4 Å². The molecule has 1 aliphatic rings. The zero-order valence-electron chi connectivity index (χ0n) is 14.8. The van der Waals surface area contributed by atoms with Crippen LogP contribution in [0.25, 0.3) is 22.4 Å². The summed E-state index contributed by atoms with van der Waals surface area (Å²) in [7, 11) is 0. The molecule has 0 unspecified atom stereocenters. The number of aromatic nitrogens is 4. The van der Waals surface area contributed by atoms with Crippen molar-refractivity contribution in [2.45, 2.75) is 19.5 Å². The van der Waals surface area contributed by atoms with Crippen LogP contribution in [0.1, 0.15) is 17.0 Å². The third kappa shape index (κ3) is 3.04. The van der Waals surface area contributed by atoms with Crippen molar-refractivity contribution in [1.82, 2.24) is 24.8 Å². The van der Waals surface area contributed by atoms with E-state index in [-0.39, 0.29) is 5.56 Å². The molecule has 0 bridgehead atoms. The van der Waals surface area contributed by atoms with Crippen LogP contribution in [0.4, 0.5) is 0 Å². The summed E-state index contributed by atoms with van der Waals surface area (Å²) in [5.74, 6) is 0.534. The SMILES string of the molecule is O=c1[nH]c(-c2ccccn2)nc2c1CCN(Cc1cc3ccccc3[nH]1)C2. The minimum atomic E-state index is -0.0501. The number of nitrogens with one attached hydrogen (secondary N) is 2. The van der Waals surface area contributed by atoms with Gasteiger partial charge >= 0.3 is 0 Å². The largest absolute Gasteiger partial charge is 0.357 e. The molecule has 4 aromatic rings. The fourth-order valence-electron chi connectivity index (χ4n) is 3.71. The summed E-state index contributed by atoms with van der Waals surface area (Å²) in [6.07, 6.45) is 2.41. The minimum absolute atomic E-state index is 0.0501. The molecule has 134 valence electrons. The van der Waals surface area contributed by atoms with Crippen LogP contribution in [-0.2, 0) is 19.5 Å². The van der Waals surface area contributed by atoms with Gasteiger partial charge in [0.05, 0.1) is 5.69 Å². The molecule has 0 radical (unpaired) electrons. The van der Waals surface area contributed by atoms with Gasteiger partial charge in [0.2, 0.25) is 0 Å². The van der Waals surface area contributed by atoms with Crippen molar-refractivity contribution < 1.29 is 0 Å². The Morgan fingerprint density at radius 2 is 1.96 bits per heavy atom. The van der Waals surface area contributed by atoms with Crippen LogP contribution >= 0.6 is 0 Å². The predicted molar refractivity (Wildman–Crippen MR) is 104 cm³/mol. The number of fused-ring (bicyclic) bond motifs is 2. The molecule has 0 atom stereocenters. The van der Waals surface area contributed by atoms with Gasteiger partial charge in [-0.3, -0.25) is 14.7 Å². The van der Waals surface area contributed by atoms with E-state index in [1.54, 1.807) is 6.20 Å². The molecule has 3 aromatic heterocycles. The number of H-pyrrole nitrogens is 2. The lowest BCUT2D eigenvalue weighted by Crippen LogP contribution is -2.35. The highest BCUT2D eigenvalue weighted by molar-refractivity contribution is 5.80. The third-order valence-electron chi connectivity index (χ3n) is 5.04. The molecule has 0 saturated heterocycles. The Morgan fingerprint density at radius 3 is 2.81 bits per heavy atom. The van der Waals surface area contributed by atoms with Crippen molar-refractivity contribution in [3.63, 3.8) is 0 Å². The summed E-state index contributed by atoms with van der Waals surface area (Å²) < 4.78 is 0. The molecular formula is C21H19N5O. The molecule has 0 saturated carbocycles. The fraction of sp³-hybridized carbons (Fsp3) is 0.190. The van der Waals surface area contributed by atoms with Gasteiger partial charge in [0.15, 0.2) is 5.82 Å². The quantitative estimate of drug-likeness (QED) is 0.591. The molecular weight excluding hydrogens is 338 g/mol. The molecule has 0 amide bonds. The third-order valence-corrected chi connectivity index (χ3v) is 5.04. The van der Waals surface area contributed by atoms with Crippen LogP contribution in [0, 0.1) is 0 Å². The van der Waals surface area contributed by atoms with E-state index in [9.17, 15) is 4.79 Å². The summed E-state index contributed by atoms with van der Waals surface area (Å²) >= 11 is 0. The molecule has 27 heavy (non-hydrogen) atoms. The number of pyridine rings is 1. The van der Waals surface area contributed by atoms with Gasteiger partial charge in [-0.2, -0.15) is 0 Å². The Bertz CT molecular complexity index is 1130. The lowest BCUT2D eigenvalue weighted by molar-refractivity contribution is 0.238. The van der Waals surface area contributed by atoms with Crippen molar-refractivity contribution in [2.24, 2.45) is 0 Å². The zero-order chi connectivity index (χ0) is 18.2. The van der Waals surface area contributed by atoms with Crippen LogP contribution in [0.5, 0.6) is 0 Å². The van der Waals surface area contributed by atoms with Gasteiger partial charge in [0.25, 0.3) is 5.56 Å². The maximum absolute atomic E-state index is 12.5. The van der Waals surface area contributed by atoms with Crippen LogP contribution < -0.4 is 5.56 Å². The maximum Gasteiger partial charge on any atom is 0.254 e. The van der Waals surface area contributed by atoms with Gasteiger partial charge in [0, 0.05) is 42.6 Å². The molecule has 6 heteroatoms. The predicted octanol–water partition coefficient (Wildman–Crippen LogP) is 2.87. The Kier molecular flexibility index (Phi) is 3.83. The van der Waals surface area contributed by atoms with E-state index < -0.39 is 0 Å². The first-order chi connectivity index (χ1) is 13.3. The average molecular weight is 357 g/mol. The van der Waals surface area contributed by atoms with Crippen LogP contribution in [0.3, 0.4) is 0 Å². The van der Waals surface area contributed by atoms with E-state index in [4.69, 9.17) is 4.98 Å². The lowest BCUT2D eigenvalue weighted by Gasteiger charge is -2.27. The highest BCUT2D eigenvalue weighted by Crippen LogP contribution is 2.21. The summed E-state index contributed by atoms with van der Waals surface area (Å²) in [6.45, 7) is 2.31. The van der Waals surface area contributed by atoms with E-state index in [0.717, 1.165) is 29.9 Å². The molecule has 1 aliphatic heterocycles. The number of benzene rings is 1. The van der Waals surface area contributed by atoms with E-state index in [1.165, 1.54) is 11.1 Å².